The first kappa shape index (κ1) is 15.8. The molecule has 1 aliphatic rings. The van der Waals surface area contributed by atoms with E-state index in [1.54, 1.807) is 11.8 Å². The number of hydrogen-bond acceptors (Lipinski definition) is 4. The molecule has 1 aliphatic heterocycles. The fourth-order valence-electron chi connectivity index (χ4n) is 2.77. The smallest absolute Gasteiger partial charge is 0.225 e. The van der Waals surface area contributed by atoms with E-state index < -0.39 is 17.2 Å². The van der Waals surface area contributed by atoms with Gasteiger partial charge >= 0.3 is 0 Å². The topological polar surface area (TPSA) is 49.2 Å². The molecule has 1 saturated heterocycles. The van der Waals surface area contributed by atoms with Crippen molar-refractivity contribution in [1.29, 1.82) is 0 Å². The highest BCUT2D eigenvalue weighted by atomic mass is 79.9. The van der Waals surface area contributed by atoms with Gasteiger partial charge in [0.05, 0.1) is 10.1 Å². The molecule has 8 heteroatoms. The molecule has 0 saturated carbocycles. The molecule has 22 heavy (non-hydrogen) atoms. The normalized spacial score (nSPS) is 22.4. The predicted molar refractivity (Wildman–Crippen MR) is 84.2 cm³/mol. The molecular formula is C14H13BrClF2N3O. The van der Waals surface area contributed by atoms with Crippen LogP contribution in [0.2, 0.25) is 5.28 Å². The van der Waals surface area contributed by atoms with Gasteiger partial charge in [-0.3, -0.25) is 0 Å². The molecule has 3 rings (SSSR count). The van der Waals surface area contributed by atoms with E-state index in [2.05, 4.69) is 25.9 Å². The van der Waals surface area contributed by atoms with Crippen LogP contribution in [-0.4, -0.2) is 33.8 Å². The van der Waals surface area contributed by atoms with Crippen molar-refractivity contribution < 1.29 is 13.9 Å². The summed E-state index contributed by atoms with van der Waals surface area (Å²) in [7, 11) is 0. The van der Waals surface area contributed by atoms with Gasteiger partial charge in [0.1, 0.15) is 17.2 Å². The number of hydrogen-bond donors (Lipinski definition) is 1. The van der Waals surface area contributed by atoms with Crippen molar-refractivity contribution in [1.82, 2.24) is 9.97 Å². The fraction of sp³-hybridized carbons (Fsp3) is 0.429. The van der Waals surface area contributed by atoms with E-state index in [4.69, 9.17) is 11.6 Å². The van der Waals surface area contributed by atoms with Gasteiger partial charge in [-0.15, -0.1) is 0 Å². The van der Waals surface area contributed by atoms with Crippen LogP contribution < -0.4 is 4.90 Å². The molecular weight excluding hydrogens is 380 g/mol. The van der Waals surface area contributed by atoms with E-state index in [-0.39, 0.29) is 20.7 Å². The second-order valence-electron chi connectivity index (χ2n) is 5.72. The average Bonchev–Trinajstić information content (AvgIpc) is 2.44. The Bertz CT molecular complexity index is 757. The molecule has 1 aromatic heterocycles. The first-order valence-corrected chi connectivity index (χ1v) is 7.94. The molecule has 0 bridgehead atoms. The number of nitrogens with zero attached hydrogens (tertiary/aromatic N) is 3. The van der Waals surface area contributed by atoms with Gasteiger partial charge in [-0.1, -0.05) is 0 Å². The van der Waals surface area contributed by atoms with E-state index in [0.717, 1.165) is 6.42 Å². The third-order valence-corrected chi connectivity index (χ3v) is 4.65. The Kier molecular flexibility index (Phi) is 3.99. The quantitative estimate of drug-likeness (QED) is 0.594. The van der Waals surface area contributed by atoms with E-state index in [1.165, 1.54) is 6.07 Å². The molecule has 1 atom stereocenters. The lowest BCUT2D eigenvalue weighted by Gasteiger charge is -2.37. The van der Waals surface area contributed by atoms with Gasteiger partial charge in [0.15, 0.2) is 5.82 Å². The lowest BCUT2D eigenvalue weighted by Crippen LogP contribution is -2.46. The summed E-state index contributed by atoms with van der Waals surface area (Å²) < 4.78 is 27.8. The van der Waals surface area contributed by atoms with Crippen molar-refractivity contribution in [3.63, 3.8) is 0 Å². The number of piperidine rings is 1. The van der Waals surface area contributed by atoms with Gasteiger partial charge in [0, 0.05) is 18.5 Å². The van der Waals surface area contributed by atoms with Crippen LogP contribution >= 0.6 is 27.5 Å². The first-order chi connectivity index (χ1) is 10.3. The zero-order valence-corrected chi connectivity index (χ0v) is 14.0. The highest BCUT2D eigenvalue weighted by Gasteiger charge is 2.31. The number of β-amino-alcohol motifs (C(OH)–C–C–N with tert-alkyl or cyclic N) is 1. The summed E-state index contributed by atoms with van der Waals surface area (Å²) in [6, 6.07) is 1.18. The summed E-state index contributed by atoms with van der Waals surface area (Å²) in [5, 5.41) is 10.3. The Balaban J connectivity index is 2.21. The molecule has 1 aromatic carbocycles. The second kappa shape index (κ2) is 5.54. The zero-order valence-electron chi connectivity index (χ0n) is 11.7. The standard InChI is InChI=1S/C14H13BrClF2N3O/c1-14(22)3-2-4-21(6-14)12-7-5-8(17)9(15)10(18)11(7)19-13(16)20-12/h5,22H,2-4,6H2,1H3/t14-/m1/s1. The Morgan fingerprint density at radius 2 is 2.14 bits per heavy atom. The molecule has 0 aliphatic carbocycles. The molecule has 2 heterocycles. The van der Waals surface area contributed by atoms with Crippen LogP contribution in [0.5, 0.6) is 0 Å². The number of anilines is 1. The SMILES string of the molecule is C[C@@]1(O)CCCN(c2nc(Cl)nc3c(F)c(Br)c(F)cc23)C1. The maximum atomic E-state index is 14.2. The zero-order chi connectivity index (χ0) is 16.1. The minimum absolute atomic E-state index is 0.0477. The lowest BCUT2D eigenvalue weighted by atomic mass is 9.95. The Morgan fingerprint density at radius 1 is 1.41 bits per heavy atom. The summed E-state index contributed by atoms with van der Waals surface area (Å²) in [5.41, 5.74) is -0.928. The van der Waals surface area contributed by atoms with E-state index >= 15 is 0 Å². The fourth-order valence-corrected chi connectivity index (χ4v) is 3.24. The predicted octanol–water partition coefficient (Wildman–Crippen LogP) is 3.68. The molecule has 2 aromatic rings. The molecule has 0 amide bonds. The minimum Gasteiger partial charge on any atom is -0.388 e. The Morgan fingerprint density at radius 3 is 2.82 bits per heavy atom. The van der Waals surface area contributed by atoms with Crippen molar-refractivity contribution in [2.24, 2.45) is 0 Å². The first-order valence-electron chi connectivity index (χ1n) is 6.76. The maximum absolute atomic E-state index is 14.2. The molecule has 118 valence electrons. The van der Waals surface area contributed by atoms with Gasteiger partial charge in [-0.25, -0.2) is 13.8 Å². The third-order valence-electron chi connectivity index (χ3n) is 3.75. The van der Waals surface area contributed by atoms with Crippen LogP contribution in [0, 0.1) is 11.6 Å². The maximum Gasteiger partial charge on any atom is 0.225 e. The summed E-state index contributed by atoms with van der Waals surface area (Å²) in [6.07, 6.45) is 1.41. The van der Waals surface area contributed by atoms with Crippen LogP contribution in [0.25, 0.3) is 10.9 Å². The number of rotatable bonds is 1. The van der Waals surface area contributed by atoms with Crippen molar-refractivity contribution in [2.45, 2.75) is 25.4 Å². The number of aliphatic hydroxyl groups is 1. The van der Waals surface area contributed by atoms with Gasteiger partial charge in [-0.2, -0.15) is 4.98 Å². The minimum atomic E-state index is -0.881. The van der Waals surface area contributed by atoms with Gasteiger partial charge in [0.25, 0.3) is 0 Å². The van der Waals surface area contributed by atoms with Crippen LogP contribution in [0.4, 0.5) is 14.6 Å². The highest BCUT2D eigenvalue weighted by molar-refractivity contribution is 9.10. The van der Waals surface area contributed by atoms with Crippen LogP contribution in [0.3, 0.4) is 0 Å². The van der Waals surface area contributed by atoms with Crippen LogP contribution in [0.1, 0.15) is 19.8 Å². The molecule has 4 nitrogen and oxygen atoms in total. The number of benzene rings is 1. The van der Waals surface area contributed by atoms with E-state index in [0.29, 0.717) is 25.3 Å². The molecule has 1 N–H and O–H groups in total. The summed E-state index contributed by atoms with van der Waals surface area (Å²) in [4.78, 5) is 9.77. The largest absolute Gasteiger partial charge is 0.388 e. The average molecular weight is 393 g/mol. The summed E-state index contributed by atoms with van der Waals surface area (Å²) >= 11 is 8.75. The van der Waals surface area contributed by atoms with Crippen LogP contribution in [-0.2, 0) is 0 Å². The van der Waals surface area contributed by atoms with Gasteiger partial charge in [-0.05, 0) is 53.4 Å². The van der Waals surface area contributed by atoms with Gasteiger partial charge in [0.2, 0.25) is 5.28 Å². The Labute approximate surface area is 139 Å². The van der Waals surface area contributed by atoms with Crippen molar-refractivity contribution in [3.05, 3.63) is 27.5 Å². The summed E-state index contributed by atoms with van der Waals surface area (Å²) in [6.45, 7) is 2.66. The molecule has 1 fully saturated rings. The van der Waals surface area contributed by atoms with E-state index in [1.807, 2.05) is 0 Å². The highest BCUT2D eigenvalue weighted by Crippen LogP contribution is 2.34. The number of fused-ring (bicyclic) bond motifs is 1. The van der Waals surface area contributed by atoms with Crippen molar-refractivity contribution in [3.8, 4) is 0 Å². The molecule has 0 spiro atoms. The number of aromatic nitrogens is 2. The van der Waals surface area contributed by atoms with Gasteiger partial charge < -0.3 is 10.0 Å². The monoisotopic (exact) mass is 391 g/mol. The molecule has 0 radical (unpaired) electrons. The molecule has 0 unspecified atom stereocenters. The van der Waals surface area contributed by atoms with E-state index in [9.17, 15) is 13.9 Å². The van der Waals surface area contributed by atoms with Crippen molar-refractivity contribution >= 4 is 44.3 Å². The Hall–Kier alpha value is -1.05. The second-order valence-corrected chi connectivity index (χ2v) is 6.85. The van der Waals surface area contributed by atoms with Crippen LogP contribution in [0.15, 0.2) is 10.5 Å². The third kappa shape index (κ3) is 2.77. The lowest BCUT2D eigenvalue weighted by molar-refractivity contribution is 0.0448. The summed E-state index contributed by atoms with van der Waals surface area (Å²) in [5.74, 6) is -1.22. The number of halogens is 4. The van der Waals surface area contributed by atoms with Crippen molar-refractivity contribution in [2.75, 3.05) is 18.0 Å².